The van der Waals surface area contributed by atoms with Gasteiger partial charge in [-0.25, -0.2) is 4.98 Å². The van der Waals surface area contributed by atoms with E-state index < -0.39 is 0 Å². The smallest absolute Gasteiger partial charge is 0.0991 e. The van der Waals surface area contributed by atoms with Crippen LogP contribution < -0.4 is 5.73 Å². The molecular weight excluding hydrogens is 242 g/mol. The van der Waals surface area contributed by atoms with Crippen molar-refractivity contribution in [3.8, 4) is 5.69 Å². The third kappa shape index (κ3) is 3.62. The maximum atomic E-state index is 5.60. The summed E-state index contributed by atoms with van der Waals surface area (Å²) in [6.45, 7) is 2.96. The van der Waals surface area contributed by atoms with Gasteiger partial charge < -0.3 is 10.3 Å². The summed E-state index contributed by atoms with van der Waals surface area (Å²) < 4.78 is 2.01. The van der Waals surface area contributed by atoms with E-state index in [4.69, 9.17) is 5.73 Å². The summed E-state index contributed by atoms with van der Waals surface area (Å²) in [6, 6.07) is 8.61. The molecule has 0 aliphatic carbocycles. The SMILES string of the molecule is CC(CN)CSCc1ccc(-n2ccnc2)cc1. The van der Waals surface area contributed by atoms with Gasteiger partial charge in [-0.3, -0.25) is 0 Å². The average Bonchev–Trinajstić information content (AvgIpc) is 2.93. The molecule has 0 saturated carbocycles. The molecule has 0 bridgehead atoms. The molecule has 0 fully saturated rings. The van der Waals surface area contributed by atoms with E-state index in [1.807, 2.05) is 28.9 Å². The number of hydrogen-bond acceptors (Lipinski definition) is 3. The third-order valence-electron chi connectivity index (χ3n) is 2.81. The van der Waals surface area contributed by atoms with Crippen LogP contribution in [0.1, 0.15) is 12.5 Å². The Balaban J connectivity index is 1.88. The normalized spacial score (nSPS) is 12.6. The molecule has 1 unspecified atom stereocenters. The number of nitrogens with zero attached hydrogens (tertiary/aromatic N) is 2. The lowest BCUT2D eigenvalue weighted by atomic mass is 10.2. The summed E-state index contributed by atoms with van der Waals surface area (Å²) in [4.78, 5) is 4.05. The molecule has 96 valence electrons. The molecule has 0 aliphatic heterocycles. The van der Waals surface area contributed by atoms with Crippen molar-refractivity contribution < 1.29 is 0 Å². The summed E-state index contributed by atoms with van der Waals surface area (Å²) >= 11 is 1.94. The molecule has 1 atom stereocenters. The lowest BCUT2D eigenvalue weighted by Gasteiger charge is -2.08. The van der Waals surface area contributed by atoms with Crippen molar-refractivity contribution in [1.29, 1.82) is 0 Å². The minimum Gasteiger partial charge on any atom is -0.330 e. The van der Waals surface area contributed by atoms with E-state index in [1.54, 1.807) is 6.20 Å². The van der Waals surface area contributed by atoms with Gasteiger partial charge >= 0.3 is 0 Å². The van der Waals surface area contributed by atoms with Crippen LogP contribution in [-0.2, 0) is 5.75 Å². The summed E-state index contributed by atoms with van der Waals surface area (Å²) in [6.07, 6.45) is 5.55. The molecule has 0 saturated heterocycles. The molecule has 4 heteroatoms. The van der Waals surface area contributed by atoms with Gasteiger partial charge in [-0.05, 0) is 35.9 Å². The molecule has 0 radical (unpaired) electrons. The number of benzene rings is 1. The molecule has 0 aliphatic rings. The number of aromatic nitrogens is 2. The number of nitrogens with two attached hydrogens (primary N) is 1. The molecule has 2 rings (SSSR count). The van der Waals surface area contributed by atoms with Crippen molar-refractivity contribution in [2.75, 3.05) is 12.3 Å². The second-order valence-corrected chi connectivity index (χ2v) is 5.52. The van der Waals surface area contributed by atoms with Crippen LogP contribution in [0.15, 0.2) is 43.0 Å². The van der Waals surface area contributed by atoms with Gasteiger partial charge in [0.15, 0.2) is 0 Å². The van der Waals surface area contributed by atoms with Crippen molar-refractivity contribution >= 4 is 11.8 Å². The molecule has 2 aromatic rings. The van der Waals surface area contributed by atoms with Crippen LogP contribution in [0.5, 0.6) is 0 Å². The number of rotatable bonds is 6. The second-order valence-electron chi connectivity index (χ2n) is 4.49. The maximum absolute atomic E-state index is 5.60. The zero-order chi connectivity index (χ0) is 12.8. The monoisotopic (exact) mass is 261 g/mol. The van der Waals surface area contributed by atoms with Gasteiger partial charge in [-0.1, -0.05) is 19.1 Å². The lowest BCUT2D eigenvalue weighted by molar-refractivity contribution is 0.675. The number of hydrogen-bond donors (Lipinski definition) is 1. The Hall–Kier alpha value is -1.26. The minimum atomic E-state index is 0.597. The van der Waals surface area contributed by atoms with Crippen LogP contribution in [-0.4, -0.2) is 21.8 Å². The standard InChI is InChI=1S/C14H19N3S/c1-12(8-15)9-18-10-13-2-4-14(5-3-13)17-7-6-16-11-17/h2-7,11-12H,8-10,15H2,1H3. The fraction of sp³-hybridized carbons (Fsp3) is 0.357. The Morgan fingerprint density at radius 1 is 1.33 bits per heavy atom. The first-order valence-electron chi connectivity index (χ1n) is 6.14. The van der Waals surface area contributed by atoms with Gasteiger partial charge in [-0.2, -0.15) is 11.8 Å². The fourth-order valence-electron chi connectivity index (χ4n) is 1.62. The molecule has 1 aromatic heterocycles. The maximum Gasteiger partial charge on any atom is 0.0991 e. The van der Waals surface area contributed by atoms with Crippen molar-refractivity contribution in [1.82, 2.24) is 9.55 Å². The van der Waals surface area contributed by atoms with Gasteiger partial charge in [0.2, 0.25) is 0 Å². The van der Waals surface area contributed by atoms with Gasteiger partial charge in [-0.15, -0.1) is 0 Å². The van der Waals surface area contributed by atoms with Crippen molar-refractivity contribution in [3.63, 3.8) is 0 Å². The molecule has 2 N–H and O–H groups in total. The second kappa shape index (κ2) is 6.61. The zero-order valence-electron chi connectivity index (χ0n) is 10.6. The van der Waals surface area contributed by atoms with Gasteiger partial charge in [0, 0.05) is 23.8 Å². The Morgan fingerprint density at radius 2 is 2.11 bits per heavy atom. The van der Waals surface area contributed by atoms with Crippen molar-refractivity contribution in [2.45, 2.75) is 12.7 Å². The largest absolute Gasteiger partial charge is 0.330 e. The highest BCUT2D eigenvalue weighted by Gasteiger charge is 2.00. The molecule has 3 nitrogen and oxygen atoms in total. The Bertz CT molecular complexity index is 450. The highest BCUT2D eigenvalue weighted by molar-refractivity contribution is 7.98. The van der Waals surface area contributed by atoms with Crippen LogP contribution in [0.25, 0.3) is 5.69 Å². The Labute approximate surface area is 112 Å². The summed E-state index contributed by atoms with van der Waals surface area (Å²) in [5.74, 6) is 2.77. The topological polar surface area (TPSA) is 43.8 Å². The Kier molecular flexibility index (Phi) is 4.84. The predicted octanol–water partition coefficient (Wildman–Crippen LogP) is 2.70. The third-order valence-corrected chi connectivity index (χ3v) is 4.15. The predicted molar refractivity (Wildman–Crippen MR) is 77.9 cm³/mol. The number of imidazole rings is 1. The average molecular weight is 261 g/mol. The first kappa shape index (κ1) is 13.2. The molecule has 0 spiro atoms. The minimum absolute atomic E-state index is 0.597. The quantitative estimate of drug-likeness (QED) is 0.869. The summed E-state index contributed by atoms with van der Waals surface area (Å²) in [5.41, 5.74) is 8.11. The Morgan fingerprint density at radius 3 is 2.72 bits per heavy atom. The fourth-order valence-corrected chi connectivity index (χ4v) is 2.71. The van der Waals surface area contributed by atoms with Crippen LogP contribution in [0.2, 0.25) is 0 Å². The van der Waals surface area contributed by atoms with Crippen LogP contribution >= 0.6 is 11.8 Å². The lowest BCUT2D eigenvalue weighted by Crippen LogP contribution is -2.12. The van der Waals surface area contributed by atoms with Crippen molar-refractivity contribution in [3.05, 3.63) is 48.5 Å². The molecule has 1 heterocycles. The first-order valence-corrected chi connectivity index (χ1v) is 7.30. The van der Waals surface area contributed by atoms with E-state index in [2.05, 4.69) is 36.2 Å². The van der Waals surface area contributed by atoms with E-state index in [1.165, 1.54) is 5.56 Å². The van der Waals surface area contributed by atoms with Gasteiger partial charge in [0.1, 0.15) is 0 Å². The first-order chi connectivity index (χ1) is 8.79. The van der Waals surface area contributed by atoms with Gasteiger partial charge in [0.25, 0.3) is 0 Å². The van der Waals surface area contributed by atoms with Crippen molar-refractivity contribution in [2.24, 2.45) is 11.7 Å². The number of thioether (sulfide) groups is 1. The summed E-state index contributed by atoms with van der Waals surface area (Å²) in [5, 5.41) is 0. The summed E-state index contributed by atoms with van der Waals surface area (Å²) in [7, 11) is 0. The molecular formula is C14H19N3S. The van der Waals surface area contributed by atoms with E-state index in [9.17, 15) is 0 Å². The highest BCUT2D eigenvalue weighted by atomic mass is 32.2. The van der Waals surface area contributed by atoms with E-state index in [0.717, 1.165) is 23.7 Å². The van der Waals surface area contributed by atoms with E-state index in [0.29, 0.717) is 5.92 Å². The molecule has 18 heavy (non-hydrogen) atoms. The molecule has 0 amide bonds. The van der Waals surface area contributed by atoms with Gasteiger partial charge in [0.05, 0.1) is 6.33 Å². The zero-order valence-corrected chi connectivity index (χ0v) is 11.4. The van der Waals surface area contributed by atoms with Crippen LogP contribution in [0.3, 0.4) is 0 Å². The van der Waals surface area contributed by atoms with Crippen LogP contribution in [0.4, 0.5) is 0 Å². The highest BCUT2D eigenvalue weighted by Crippen LogP contribution is 2.17. The van der Waals surface area contributed by atoms with E-state index >= 15 is 0 Å². The molecule has 1 aromatic carbocycles. The van der Waals surface area contributed by atoms with E-state index in [-0.39, 0.29) is 0 Å². The van der Waals surface area contributed by atoms with Crippen LogP contribution in [0, 0.1) is 5.92 Å².